The van der Waals surface area contributed by atoms with Crippen molar-refractivity contribution in [3.8, 4) is 0 Å². The Hall–Kier alpha value is -2.91. The largest absolute Gasteiger partial charge is 0.462 e. The molecule has 0 saturated heterocycles. The molecular weight excluding hydrogens is 345 g/mol. The number of nitrogens with zero attached hydrogens (tertiary/aromatic N) is 2. The van der Waals surface area contributed by atoms with E-state index in [4.69, 9.17) is 4.74 Å². The monoisotopic (exact) mass is 360 g/mol. The van der Waals surface area contributed by atoms with Gasteiger partial charge in [0, 0.05) is 24.2 Å². The molecule has 1 aromatic carbocycles. The van der Waals surface area contributed by atoms with Gasteiger partial charge in [-0.25, -0.2) is 4.79 Å². The molecule has 0 radical (unpaired) electrons. The van der Waals surface area contributed by atoms with Gasteiger partial charge in [0.1, 0.15) is 6.54 Å². The van der Waals surface area contributed by atoms with Crippen LogP contribution in [0.1, 0.15) is 27.6 Å². The third-order valence-electron chi connectivity index (χ3n) is 2.89. The number of ether oxygens (including phenoxy) is 1. The zero-order chi connectivity index (χ0) is 19.2. The number of esters is 1. The number of hydrogen-bond donors (Lipinski definition) is 0. The van der Waals surface area contributed by atoms with Crippen LogP contribution >= 0.6 is 0 Å². The molecule has 1 aromatic rings. The Morgan fingerprint density at radius 2 is 1.92 bits per heavy atom. The molecule has 1 rings (SSSR count). The summed E-state index contributed by atoms with van der Waals surface area (Å²) in [4.78, 5) is 34.6. The number of non-ortho nitro benzene ring substituents is 1. The second kappa shape index (κ2) is 8.27. The van der Waals surface area contributed by atoms with E-state index in [1.54, 1.807) is 0 Å². The molecule has 0 aromatic heterocycles. The molecule has 0 unspecified atom stereocenters. The van der Waals surface area contributed by atoms with E-state index in [-0.39, 0.29) is 12.2 Å². The van der Waals surface area contributed by atoms with Gasteiger partial charge >= 0.3 is 12.1 Å². The van der Waals surface area contributed by atoms with Gasteiger partial charge in [0.2, 0.25) is 0 Å². The van der Waals surface area contributed by atoms with Crippen LogP contribution in [0.25, 0.3) is 0 Å². The van der Waals surface area contributed by atoms with E-state index in [1.807, 2.05) is 0 Å². The molecule has 136 valence electrons. The molecule has 0 aliphatic carbocycles. The number of hydrogen-bond acceptors (Lipinski definition) is 5. The van der Waals surface area contributed by atoms with Crippen LogP contribution in [0.5, 0.6) is 0 Å². The number of carbonyl (C=O) groups excluding carboxylic acids is 2. The van der Waals surface area contributed by atoms with Crippen LogP contribution < -0.4 is 0 Å². The summed E-state index contributed by atoms with van der Waals surface area (Å²) in [6.07, 6.45) is -3.57. The number of alkyl halides is 3. The fourth-order valence-corrected chi connectivity index (χ4v) is 1.95. The lowest BCUT2D eigenvalue weighted by atomic mass is 10.1. The Balaban J connectivity index is 3.31. The minimum absolute atomic E-state index is 0.0124. The summed E-state index contributed by atoms with van der Waals surface area (Å²) in [6.45, 7) is 2.80. The van der Waals surface area contributed by atoms with Crippen LogP contribution in [0.15, 0.2) is 30.9 Å². The van der Waals surface area contributed by atoms with Gasteiger partial charge in [-0.1, -0.05) is 6.08 Å². The third-order valence-corrected chi connectivity index (χ3v) is 2.89. The van der Waals surface area contributed by atoms with Crippen LogP contribution in [0.3, 0.4) is 0 Å². The van der Waals surface area contributed by atoms with E-state index in [0.717, 1.165) is 24.3 Å². The van der Waals surface area contributed by atoms with Crippen molar-refractivity contribution in [2.75, 3.05) is 19.7 Å². The van der Waals surface area contributed by atoms with Gasteiger partial charge in [0.25, 0.3) is 11.6 Å². The maximum absolute atomic E-state index is 12.6. The predicted octanol–water partition coefficient (Wildman–Crippen LogP) is 2.96. The van der Waals surface area contributed by atoms with Crippen molar-refractivity contribution >= 4 is 17.6 Å². The fourth-order valence-electron chi connectivity index (χ4n) is 1.95. The Morgan fingerprint density at radius 1 is 1.32 bits per heavy atom. The van der Waals surface area contributed by atoms with Crippen LogP contribution in [0.4, 0.5) is 18.9 Å². The highest BCUT2D eigenvalue weighted by Gasteiger charge is 2.33. The van der Waals surface area contributed by atoms with Gasteiger partial charge in [-0.05, 0) is 13.0 Å². The number of nitro groups is 1. The molecule has 0 N–H and O–H groups in total. The molecule has 25 heavy (non-hydrogen) atoms. The summed E-state index contributed by atoms with van der Waals surface area (Å²) in [5, 5.41) is 11.0. The average Bonchev–Trinajstić information content (AvgIpc) is 2.52. The molecule has 0 aliphatic rings. The van der Waals surface area contributed by atoms with E-state index in [0.29, 0.717) is 4.90 Å². The first kappa shape index (κ1) is 20.1. The maximum Gasteiger partial charge on any atom is 0.406 e. The summed E-state index contributed by atoms with van der Waals surface area (Å²) in [5.41, 5.74) is -1.34. The highest BCUT2D eigenvalue weighted by molar-refractivity contribution is 5.99. The number of carbonyl (C=O) groups is 2. The van der Waals surface area contributed by atoms with E-state index in [9.17, 15) is 32.9 Å². The van der Waals surface area contributed by atoms with Crippen LogP contribution in [-0.2, 0) is 4.74 Å². The number of nitro benzene ring substituents is 1. The van der Waals surface area contributed by atoms with Crippen molar-refractivity contribution in [2.24, 2.45) is 0 Å². The van der Waals surface area contributed by atoms with Crippen molar-refractivity contribution in [2.45, 2.75) is 13.1 Å². The minimum Gasteiger partial charge on any atom is -0.462 e. The average molecular weight is 360 g/mol. The molecule has 7 nitrogen and oxygen atoms in total. The molecule has 0 heterocycles. The fraction of sp³-hybridized carbons (Fsp3) is 0.333. The number of rotatable bonds is 7. The van der Waals surface area contributed by atoms with Gasteiger partial charge in [-0.2, -0.15) is 13.2 Å². The van der Waals surface area contributed by atoms with Crippen molar-refractivity contribution in [3.05, 3.63) is 52.1 Å². The zero-order valence-electron chi connectivity index (χ0n) is 13.2. The lowest BCUT2D eigenvalue weighted by Gasteiger charge is -2.22. The molecule has 0 spiro atoms. The summed E-state index contributed by atoms with van der Waals surface area (Å²) in [5.74, 6) is -2.04. The van der Waals surface area contributed by atoms with Gasteiger partial charge in [0.05, 0.1) is 17.1 Å². The molecule has 0 bridgehead atoms. The second-order valence-electron chi connectivity index (χ2n) is 4.84. The standard InChI is InChI=1S/C15H15F3N2O5/c1-3-5-19(9-15(16,17)18)13(21)10-6-11(14(22)25-4-2)8-12(7-10)20(23)24/h3,6-8H,1,4-5,9H2,2H3. The maximum atomic E-state index is 12.6. The first-order valence-electron chi connectivity index (χ1n) is 7.02. The third kappa shape index (κ3) is 5.90. The Labute approximate surface area is 140 Å². The Kier molecular flexibility index (Phi) is 6.66. The van der Waals surface area contributed by atoms with Gasteiger partial charge in [-0.15, -0.1) is 6.58 Å². The molecule has 0 saturated carbocycles. The summed E-state index contributed by atoms with van der Waals surface area (Å²) in [6, 6.07) is 2.65. The van der Waals surface area contributed by atoms with Crippen molar-refractivity contribution in [3.63, 3.8) is 0 Å². The van der Waals surface area contributed by atoms with Crippen LogP contribution in [0, 0.1) is 10.1 Å². The highest BCUT2D eigenvalue weighted by Crippen LogP contribution is 2.22. The van der Waals surface area contributed by atoms with Gasteiger partial charge in [0.15, 0.2) is 0 Å². The molecule has 10 heteroatoms. The van der Waals surface area contributed by atoms with E-state index in [2.05, 4.69) is 6.58 Å². The van der Waals surface area contributed by atoms with Crippen LogP contribution in [-0.4, -0.2) is 47.6 Å². The second-order valence-corrected chi connectivity index (χ2v) is 4.84. The lowest BCUT2D eigenvalue weighted by molar-refractivity contribution is -0.384. The van der Waals surface area contributed by atoms with Gasteiger partial charge < -0.3 is 9.64 Å². The molecule has 0 aliphatic heterocycles. The summed E-state index contributed by atoms with van der Waals surface area (Å²) < 4.78 is 42.5. The highest BCUT2D eigenvalue weighted by atomic mass is 19.4. The summed E-state index contributed by atoms with van der Waals surface area (Å²) in [7, 11) is 0. The van der Waals surface area contributed by atoms with Crippen molar-refractivity contribution < 1.29 is 32.4 Å². The minimum atomic E-state index is -4.66. The quantitative estimate of drug-likeness (QED) is 0.323. The van der Waals surface area contributed by atoms with Crippen LogP contribution in [0.2, 0.25) is 0 Å². The normalized spacial score (nSPS) is 10.9. The number of benzene rings is 1. The number of amides is 1. The SMILES string of the molecule is C=CCN(CC(F)(F)F)C(=O)c1cc(C(=O)OCC)cc([N+](=O)[O-])c1. The van der Waals surface area contributed by atoms with Crippen molar-refractivity contribution in [1.29, 1.82) is 0 Å². The smallest absolute Gasteiger partial charge is 0.406 e. The Bertz CT molecular complexity index is 688. The lowest BCUT2D eigenvalue weighted by Crippen LogP contribution is -2.39. The van der Waals surface area contributed by atoms with E-state index < -0.39 is 47.3 Å². The molecular formula is C15H15F3N2O5. The first-order valence-corrected chi connectivity index (χ1v) is 7.02. The zero-order valence-corrected chi connectivity index (χ0v) is 13.2. The summed E-state index contributed by atoms with van der Waals surface area (Å²) >= 11 is 0. The van der Waals surface area contributed by atoms with E-state index >= 15 is 0 Å². The Morgan fingerprint density at radius 3 is 2.40 bits per heavy atom. The molecule has 1 amide bonds. The first-order chi connectivity index (χ1) is 11.6. The molecule has 0 fully saturated rings. The number of halogens is 3. The molecule has 0 atom stereocenters. The predicted molar refractivity (Wildman–Crippen MR) is 81.2 cm³/mol. The van der Waals surface area contributed by atoms with Gasteiger partial charge in [-0.3, -0.25) is 14.9 Å². The van der Waals surface area contributed by atoms with E-state index in [1.165, 1.54) is 6.92 Å². The van der Waals surface area contributed by atoms with Crippen molar-refractivity contribution in [1.82, 2.24) is 4.90 Å². The topological polar surface area (TPSA) is 89.8 Å².